The summed E-state index contributed by atoms with van der Waals surface area (Å²) < 4.78 is 5.78. The van der Waals surface area contributed by atoms with Crippen LogP contribution in [-0.2, 0) is 11.2 Å². The first-order valence-corrected chi connectivity index (χ1v) is 7.11. The fourth-order valence-corrected chi connectivity index (χ4v) is 3.01. The maximum atomic E-state index is 12.2. The molecule has 0 fully saturated rings. The first-order chi connectivity index (χ1) is 9.33. The highest BCUT2D eigenvalue weighted by atomic mass is 32.2. The summed E-state index contributed by atoms with van der Waals surface area (Å²) in [5, 5.41) is 0. The van der Waals surface area contributed by atoms with Crippen molar-refractivity contribution in [2.45, 2.75) is 17.4 Å². The highest BCUT2D eigenvalue weighted by Gasteiger charge is 2.26. The number of fused-ring (bicyclic) bond motifs is 1. The molecule has 3 rings (SSSR count). The number of pyridine rings is 1. The first-order valence-electron chi connectivity index (χ1n) is 6.13. The molecule has 1 aromatic carbocycles. The quantitative estimate of drug-likeness (QED) is 0.860. The Morgan fingerprint density at radius 1 is 1.32 bits per heavy atom. The number of hydrogen-bond acceptors (Lipinski definition) is 4. The van der Waals surface area contributed by atoms with E-state index in [4.69, 9.17) is 4.74 Å². The lowest BCUT2D eigenvalue weighted by Crippen LogP contribution is -2.33. The van der Waals surface area contributed by atoms with E-state index in [1.165, 1.54) is 0 Å². The predicted octanol–water partition coefficient (Wildman–Crippen LogP) is 2.75. The van der Waals surface area contributed by atoms with Gasteiger partial charge in [-0.15, -0.1) is 11.8 Å². The number of thioether (sulfide) groups is 1. The van der Waals surface area contributed by atoms with Gasteiger partial charge in [-0.1, -0.05) is 18.2 Å². The fourth-order valence-electron chi connectivity index (χ4n) is 2.00. The van der Waals surface area contributed by atoms with Crippen molar-refractivity contribution in [3.05, 3.63) is 54.4 Å². The second kappa shape index (κ2) is 5.45. The summed E-state index contributed by atoms with van der Waals surface area (Å²) in [6, 6.07) is 11.6. The van der Waals surface area contributed by atoms with Crippen molar-refractivity contribution in [3.63, 3.8) is 0 Å². The van der Waals surface area contributed by atoms with E-state index in [1.54, 1.807) is 24.2 Å². The van der Waals surface area contributed by atoms with E-state index in [0.29, 0.717) is 12.2 Å². The second-order valence-electron chi connectivity index (χ2n) is 4.37. The molecule has 0 saturated heterocycles. The monoisotopic (exact) mass is 271 g/mol. The Labute approximate surface area is 116 Å². The van der Waals surface area contributed by atoms with Crippen molar-refractivity contribution >= 4 is 17.5 Å². The Balaban J connectivity index is 1.70. The molecule has 0 aliphatic carbocycles. The van der Waals surface area contributed by atoms with Crippen molar-refractivity contribution in [1.82, 2.24) is 4.98 Å². The number of Topliss-reactive ketones (excluding diaryl/α,β-unsaturated/α-hetero) is 1. The number of benzene rings is 1. The lowest BCUT2D eigenvalue weighted by Gasteiger charge is -2.24. The van der Waals surface area contributed by atoms with Crippen LogP contribution < -0.4 is 4.74 Å². The Morgan fingerprint density at radius 2 is 2.21 bits per heavy atom. The van der Waals surface area contributed by atoms with E-state index in [1.807, 2.05) is 36.4 Å². The predicted molar refractivity (Wildman–Crippen MR) is 74.5 cm³/mol. The van der Waals surface area contributed by atoms with Gasteiger partial charge in [0.05, 0.1) is 0 Å². The summed E-state index contributed by atoms with van der Waals surface area (Å²) in [6.07, 6.45) is 3.44. The molecule has 1 aliphatic rings. The van der Waals surface area contributed by atoms with Crippen LogP contribution in [0.4, 0.5) is 0 Å². The van der Waals surface area contributed by atoms with E-state index in [9.17, 15) is 4.79 Å². The molecule has 0 N–H and O–H groups in total. The fraction of sp³-hybridized carbons (Fsp3) is 0.200. The molecule has 0 bridgehead atoms. The highest BCUT2D eigenvalue weighted by Crippen LogP contribution is 2.35. The van der Waals surface area contributed by atoms with Gasteiger partial charge in [0.15, 0.2) is 11.9 Å². The van der Waals surface area contributed by atoms with Crippen molar-refractivity contribution in [1.29, 1.82) is 0 Å². The van der Waals surface area contributed by atoms with Gasteiger partial charge < -0.3 is 4.74 Å². The Bertz CT molecular complexity index is 586. The largest absolute Gasteiger partial charge is 0.481 e. The summed E-state index contributed by atoms with van der Waals surface area (Å²) in [7, 11) is 0. The zero-order valence-electron chi connectivity index (χ0n) is 10.3. The molecule has 3 nitrogen and oxygen atoms in total. The number of carbonyl (C=O) groups is 1. The molecule has 19 heavy (non-hydrogen) atoms. The van der Waals surface area contributed by atoms with Crippen molar-refractivity contribution in [3.8, 4) is 5.75 Å². The van der Waals surface area contributed by atoms with Gasteiger partial charge in [0.2, 0.25) is 0 Å². The van der Waals surface area contributed by atoms with Crippen molar-refractivity contribution < 1.29 is 9.53 Å². The molecule has 0 spiro atoms. The summed E-state index contributed by atoms with van der Waals surface area (Å²) in [4.78, 5) is 17.3. The van der Waals surface area contributed by atoms with Crippen LogP contribution in [0.3, 0.4) is 0 Å². The molecule has 4 heteroatoms. The number of hydrogen-bond donors (Lipinski definition) is 0. The van der Waals surface area contributed by atoms with Crippen molar-refractivity contribution in [2.75, 3.05) is 5.75 Å². The van der Waals surface area contributed by atoms with Crippen LogP contribution in [0, 0.1) is 0 Å². The van der Waals surface area contributed by atoms with E-state index < -0.39 is 0 Å². The molecule has 1 aromatic heterocycles. The van der Waals surface area contributed by atoms with Gasteiger partial charge in [-0.25, -0.2) is 0 Å². The third-order valence-corrected chi connectivity index (χ3v) is 4.09. The molecule has 96 valence electrons. The maximum Gasteiger partial charge on any atom is 0.178 e. The van der Waals surface area contributed by atoms with Crippen LogP contribution in [-0.4, -0.2) is 22.6 Å². The lowest BCUT2D eigenvalue weighted by molar-refractivity contribution is -0.124. The molecular formula is C15H13NO2S. The van der Waals surface area contributed by atoms with Gasteiger partial charge in [0.25, 0.3) is 0 Å². The number of carbonyl (C=O) groups excluding carboxylic acids is 1. The van der Waals surface area contributed by atoms with E-state index in [-0.39, 0.29) is 11.9 Å². The SMILES string of the molecule is O=C(Cc1cccnc1)C1CSc2ccccc2O1. The van der Waals surface area contributed by atoms with Gasteiger partial charge in [0, 0.05) is 29.5 Å². The molecule has 1 aliphatic heterocycles. The van der Waals surface area contributed by atoms with Gasteiger partial charge in [-0.2, -0.15) is 0 Å². The Morgan fingerprint density at radius 3 is 3.05 bits per heavy atom. The molecule has 2 heterocycles. The smallest absolute Gasteiger partial charge is 0.178 e. The minimum absolute atomic E-state index is 0.106. The van der Waals surface area contributed by atoms with Gasteiger partial charge >= 0.3 is 0 Å². The average molecular weight is 271 g/mol. The maximum absolute atomic E-state index is 12.2. The number of para-hydroxylation sites is 1. The third kappa shape index (κ3) is 2.79. The molecule has 0 saturated carbocycles. The summed E-state index contributed by atoms with van der Waals surface area (Å²) in [5.74, 6) is 1.59. The molecule has 0 radical (unpaired) electrons. The molecule has 1 atom stereocenters. The van der Waals surface area contributed by atoms with Crippen molar-refractivity contribution in [2.24, 2.45) is 0 Å². The minimum atomic E-state index is -0.361. The normalized spacial score (nSPS) is 17.4. The average Bonchev–Trinajstić information content (AvgIpc) is 2.48. The van der Waals surface area contributed by atoms with E-state index in [0.717, 1.165) is 16.2 Å². The number of rotatable bonds is 3. The summed E-state index contributed by atoms with van der Waals surface area (Å²) in [5.41, 5.74) is 0.931. The zero-order chi connectivity index (χ0) is 13.1. The van der Waals surface area contributed by atoms with Crippen LogP contribution in [0.1, 0.15) is 5.56 Å². The molecule has 2 aromatic rings. The van der Waals surface area contributed by atoms with Crippen LogP contribution in [0.2, 0.25) is 0 Å². The standard InChI is InChI=1S/C15H13NO2S/c17-12(8-11-4-3-7-16-9-11)14-10-19-15-6-2-1-5-13(15)18-14/h1-7,9,14H,8,10H2. The van der Waals surface area contributed by atoms with Gasteiger partial charge in [0.1, 0.15) is 5.75 Å². The van der Waals surface area contributed by atoms with Gasteiger partial charge in [-0.05, 0) is 23.8 Å². The van der Waals surface area contributed by atoms with Gasteiger partial charge in [-0.3, -0.25) is 9.78 Å². The minimum Gasteiger partial charge on any atom is -0.481 e. The summed E-state index contributed by atoms with van der Waals surface area (Å²) >= 11 is 1.67. The lowest BCUT2D eigenvalue weighted by atomic mass is 10.1. The van der Waals surface area contributed by atoms with E-state index >= 15 is 0 Å². The molecular weight excluding hydrogens is 258 g/mol. The second-order valence-corrected chi connectivity index (χ2v) is 5.43. The third-order valence-electron chi connectivity index (χ3n) is 2.97. The number of nitrogens with zero attached hydrogens (tertiary/aromatic N) is 1. The van der Waals surface area contributed by atoms with Crippen LogP contribution in [0.25, 0.3) is 0 Å². The Hall–Kier alpha value is -1.81. The number of ether oxygens (including phenoxy) is 1. The van der Waals surface area contributed by atoms with E-state index in [2.05, 4.69) is 4.98 Å². The molecule has 0 amide bonds. The topological polar surface area (TPSA) is 39.2 Å². The summed E-state index contributed by atoms with van der Waals surface area (Å²) in [6.45, 7) is 0. The Kier molecular flexibility index (Phi) is 3.51. The van der Waals surface area contributed by atoms with Crippen LogP contribution >= 0.6 is 11.8 Å². The highest BCUT2D eigenvalue weighted by molar-refractivity contribution is 7.99. The zero-order valence-corrected chi connectivity index (χ0v) is 11.1. The van der Waals surface area contributed by atoms with Crippen LogP contribution in [0.5, 0.6) is 5.75 Å². The molecule has 1 unspecified atom stereocenters. The first kappa shape index (κ1) is 12.2. The number of ketones is 1. The van der Waals surface area contributed by atoms with Crippen LogP contribution in [0.15, 0.2) is 53.7 Å². The number of aromatic nitrogens is 1.